The molecule has 0 unspecified atom stereocenters. The third-order valence-electron chi connectivity index (χ3n) is 5.63. The Morgan fingerprint density at radius 1 is 0.969 bits per heavy atom. The summed E-state index contributed by atoms with van der Waals surface area (Å²) in [5.74, 6) is -0.668. The molecule has 2 aromatic carbocycles. The number of anilines is 3. The van der Waals surface area contributed by atoms with Crippen LogP contribution < -0.4 is 15.1 Å². The number of hydrogen-bond acceptors (Lipinski definition) is 5. The number of cyclic esters (lactones) is 1. The predicted octanol–water partition coefficient (Wildman–Crippen LogP) is 3.67. The van der Waals surface area contributed by atoms with E-state index in [2.05, 4.69) is 10.2 Å². The lowest BCUT2D eigenvalue weighted by Gasteiger charge is -2.34. The van der Waals surface area contributed by atoms with Gasteiger partial charge in [-0.25, -0.2) is 4.79 Å². The van der Waals surface area contributed by atoms with Crippen molar-refractivity contribution in [1.82, 2.24) is 4.90 Å². The molecular weight excluding hydrogens is 425 g/mol. The Hall–Kier alpha value is -3.27. The summed E-state index contributed by atoms with van der Waals surface area (Å²) >= 11 is 0. The van der Waals surface area contributed by atoms with Crippen LogP contribution in [0, 0.1) is 0 Å². The van der Waals surface area contributed by atoms with E-state index in [0.29, 0.717) is 31.0 Å². The van der Waals surface area contributed by atoms with Crippen LogP contribution >= 0.6 is 0 Å². The lowest BCUT2D eigenvalue weighted by atomic mass is 10.1. The number of rotatable bonds is 4. The number of piperazine rings is 1. The van der Waals surface area contributed by atoms with Crippen molar-refractivity contribution >= 4 is 29.1 Å². The van der Waals surface area contributed by atoms with Crippen LogP contribution in [0.3, 0.4) is 0 Å². The maximum absolute atomic E-state index is 13.7. The number of carbonyl (C=O) groups is 2. The summed E-state index contributed by atoms with van der Waals surface area (Å²) in [6.45, 7) is 3.49. The van der Waals surface area contributed by atoms with E-state index in [1.165, 1.54) is 23.1 Å². The fraction of sp³-hybridized carbons (Fsp3) is 0.364. The highest BCUT2D eigenvalue weighted by molar-refractivity contribution is 6.05. The van der Waals surface area contributed by atoms with Crippen LogP contribution in [0.25, 0.3) is 0 Å². The number of nitrogens with one attached hydrogen (secondary N) is 1. The Bertz CT molecular complexity index is 1000. The van der Waals surface area contributed by atoms with Crippen LogP contribution in [0.2, 0.25) is 0 Å². The number of carbonyl (C=O) groups excluding carboxylic acids is 2. The van der Waals surface area contributed by atoms with Gasteiger partial charge >= 0.3 is 12.3 Å². The van der Waals surface area contributed by atoms with Crippen molar-refractivity contribution in [1.29, 1.82) is 0 Å². The van der Waals surface area contributed by atoms with Crippen molar-refractivity contribution in [3.05, 3.63) is 53.6 Å². The highest BCUT2D eigenvalue weighted by Crippen LogP contribution is 2.37. The molecule has 2 aromatic rings. The molecule has 4 rings (SSSR count). The highest BCUT2D eigenvalue weighted by atomic mass is 19.4. The summed E-state index contributed by atoms with van der Waals surface area (Å²) < 4.78 is 46.1. The molecule has 0 aromatic heterocycles. The maximum Gasteiger partial charge on any atom is 0.418 e. The van der Waals surface area contributed by atoms with Gasteiger partial charge in [0.2, 0.25) is 0 Å². The van der Waals surface area contributed by atoms with Gasteiger partial charge < -0.3 is 19.9 Å². The summed E-state index contributed by atoms with van der Waals surface area (Å²) in [6, 6.07) is 10.0. The molecule has 32 heavy (non-hydrogen) atoms. The monoisotopic (exact) mass is 448 g/mol. The number of nitrogens with zero attached hydrogens (tertiary/aromatic N) is 3. The van der Waals surface area contributed by atoms with Gasteiger partial charge in [0, 0.05) is 43.1 Å². The minimum Gasteiger partial charge on any atom is -0.447 e. The summed E-state index contributed by atoms with van der Waals surface area (Å²) in [4.78, 5) is 29.7. The molecule has 0 saturated carbocycles. The van der Waals surface area contributed by atoms with Crippen molar-refractivity contribution in [3.8, 4) is 0 Å². The number of hydrogen-bond donors (Lipinski definition) is 1. The zero-order valence-corrected chi connectivity index (χ0v) is 17.5. The van der Waals surface area contributed by atoms with E-state index in [0.717, 1.165) is 19.2 Å². The van der Waals surface area contributed by atoms with Gasteiger partial charge in [-0.15, -0.1) is 0 Å². The summed E-state index contributed by atoms with van der Waals surface area (Å²) in [7, 11) is 1.97. The molecule has 170 valence electrons. The lowest BCUT2D eigenvalue weighted by Crippen LogP contribution is -2.44. The first-order chi connectivity index (χ1) is 15.2. The van der Waals surface area contributed by atoms with Crippen LogP contribution in [0.4, 0.5) is 35.0 Å². The summed E-state index contributed by atoms with van der Waals surface area (Å²) in [6.07, 6.45) is -5.09. The zero-order chi connectivity index (χ0) is 22.9. The Kier molecular flexibility index (Phi) is 5.96. The van der Waals surface area contributed by atoms with Crippen molar-refractivity contribution in [2.45, 2.75) is 6.18 Å². The standard InChI is InChI=1S/C22H23F3N4O3/c1-27-8-10-28(11-9-27)17-6-7-19(18(14-17)22(23,24)25)26-20(30)15-2-4-16(5-3-15)29-12-13-32-21(29)31/h2-7,14H,8-13H2,1H3,(H,26,30). The second-order valence-corrected chi connectivity index (χ2v) is 7.78. The average Bonchev–Trinajstić information content (AvgIpc) is 3.20. The average molecular weight is 448 g/mol. The first-order valence-corrected chi connectivity index (χ1v) is 10.2. The lowest BCUT2D eigenvalue weighted by molar-refractivity contribution is -0.136. The number of halogens is 3. The van der Waals surface area contributed by atoms with E-state index < -0.39 is 23.7 Å². The smallest absolute Gasteiger partial charge is 0.418 e. The van der Waals surface area contributed by atoms with Gasteiger partial charge in [-0.3, -0.25) is 9.69 Å². The molecule has 0 radical (unpaired) electrons. The molecule has 10 heteroatoms. The van der Waals surface area contributed by atoms with E-state index in [1.54, 1.807) is 18.2 Å². The minimum absolute atomic E-state index is 0.178. The molecule has 0 spiro atoms. The fourth-order valence-electron chi connectivity index (χ4n) is 3.75. The van der Waals surface area contributed by atoms with Gasteiger partial charge in [-0.05, 0) is 49.5 Å². The SMILES string of the molecule is CN1CCN(c2ccc(NC(=O)c3ccc(N4CCOC4=O)cc3)c(C(F)(F)F)c2)CC1. The molecule has 2 saturated heterocycles. The molecule has 2 heterocycles. The van der Waals surface area contributed by atoms with Gasteiger partial charge in [0.1, 0.15) is 6.61 Å². The van der Waals surface area contributed by atoms with Crippen molar-refractivity contribution < 1.29 is 27.5 Å². The largest absolute Gasteiger partial charge is 0.447 e. The Morgan fingerprint density at radius 2 is 1.62 bits per heavy atom. The maximum atomic E-state index is 13.7. The second kappa shape index (κ2) is 8.70. The number of ether oxygens (including phenoxy) is 1. The number of likely N-dealkylation sites (N-methyl/N-ethyl adjacent to an activating group) is 1. The van der Waals surface area contributed by atoms with E-state index >= 15 is 0 Å². The molecule has 2 aliphatic heterocycles. The van der Waals surface area contributed by atoms with Crippen LogP contribution in [0.15, 0.2) is 42.5 Å². The van der Waals surface area contributed by atoms with E-state index in [4.69, 9.17) is 4.74 Å². The zero-order valence-electron chi connectivity index (χ0n) is 17.5. The van der Waals surface area contributed by atoms with Gasteiger partial charge in [-0.1, -0.05) is 0 Å². The fourth-order valence-corrected chi connectivity index (χ4v) is 3.75. The Morgan fingerprint density at radius 3 is 2.22 bits per heavy atom. The van der Waals surface area contributed by atoms with Crippen LogP contribution in [0.5, 0.6) is 0 Å². The first kappa shape index (κ1) is 21.9. The minimum atomic E-state index is -4.62. The molecular formula is C22H23F3N4O3. The van der Waals surface area contributed by atoms with Crippen molar-refractivity contribution in [2.24, 2.45) is 0 Å². The van der Waals surface area contributed by atoms with Crippen molar-refractivity contribution in [3.63, 3.8) is 0 Å². The normalized spacial score (nSPS) is 17.4. The van der Waals surface area contributed by atoms with E-state index in [1.807, 2.05) is 11.9 Å². The summed E-state index contributed by atoms with van der Waals surface area (Å²) in [5.41, 5.74) is 0.0192. The van der Waals surface area contributed by atoms with Gasteiger partial charge in [0.25, 0.3) is 5.91 Å². The van der Waals surface area contributed by atoms with Crippen molar-refractivity contribution in [2.75, 3.05) is 61.5 Å². The number of benzene rings is 2. The predicted molar refractivity (Wildman–Crippen MR) is 114 cm³/mol. The molecule has 7 nitrogen and oxygen atoms in total. The topological polar surface area (TPSA) is 65.1 Å². The Labute approximate surface area is 183 Å². The number of alkyl halides is 3. The molecule has 1 N–H and O–H groups in total. The van der Waals surface area contributed by atoms with Gasteiger partial charge in [-0.2, -0.15) is 13.2 Å². The van der Waals surface area contributed by atoms with E-state index in [9.17, 15) is 22.8 Å². The van der Waals surface area contributed by atoms with Gasteiger partial charge in [0.15, 0.2) is 0 Å². The molecule has 2 amide bonds. The van der Waals surface area contributed by atoms with Crippen LogP contribution in [-0.4, -0.2) is 63.3 Å². The van der Waals surface area contributed by atoms with E-state index in [-0.39, 0.29) is 17.9 Å². The molecule has 0 atom stereocenters. The molecule has 2 aliphatic rings. The van der Waals surface area contributed by atoms with Crippen LogP contribution in [0.1, 0.15) is 15.9 Å². The third kappa shape index (κ3) is 4.64. The Balaban J connectivity index is 1.52. The molecule has 0 bridgehead atoms. The highest BCUT2D eigenvalue weighted by Gasteiger charge is 2.35. The second-order valence-electron chi connectivity index (χ2n) is 7.78. The molecule has 0 aliphatic carbocycles. The summed E-state index contributed by atoms with van der Waals surface area (Å²) in [5, 5.41) is 2.38. The quantitative estimate of drug-likeness (QED) is 0.774. The third-order valence-corrected chi connectivity index (χ3v) is 5.63. The first-order valence-electron chi connectivity index (χ1n) is 10.2. The van der Waals surface area contributed by atoms with Crippen LogP contribution in [-0.2, 0) is 10.9 Å². The number of amides is 2. The molecule has 2 fully saturated rings. The van der Waals surface area contributed by atoms with Gasteiger partial charge in [0.05, 0.1) is 17.8 Å².